The van der Waals surface area contributed by atoms with Gasteiger partial charge in [0.15, 0.2) is 6.04 Å². The predicted octanol–water partition coefficient (Wildman–Crippen LogP) is -5.60. The second-order valence-corrected chi connectivity index (χ2v) is 23.6. The molecule has 0 aliphatic carbocycles. The van der Waals surface area contributed by atoms with Crippen LogP contribution in [0.2, 0.25) is 0 Å². The van der Waals surface area contributed by atoms with Crippen LogP contribution in [0.3, 0.4) is 0 Å². The lowest BCUT2D eigenvalue weighted by molar-refractivity contribution is -0.169. The van der Waals surface area contributed by atoms with Crippen molar-refractivity contribution in [2.75, 3.05) is 33.9 Å². The first kappa shape index (κ1) is 70.1. The van der Waals surface area contributed by atoms with Gasteiger partial charge in [-0.2, -0.15) is 0 Å². The summed E-state index contributed by atoms with van der Waals surface area (Å²) in [5, 5.41) is 85.2. The van der Waals surface area contributed by atoms with Gasteiger partial charge in [-0.25, -0.2) is 4.79 Å². The molecule has 508 valence electrons. The van der Waals surface area contributed by atoms with E-state index in [0.29, 0.717) is 38.9 Å². The molecule has 17 atom stereocenters. The lowest BCUT2D eigenvalue weighted by Gasteiger charge is -2.44. The fraction of sp³-hybridized carbons (Fsp3) is 0.500. The van der Waals surface area contributed by atoms with Gasteiger partial charge in [-0.1, -0.05) is 13.8 Å². The van der Waals surface area contributed by atoms with E-state index in [0.717, 1.165) is 30.6 Å². The number of nitrogens with one attached hydrogen (secondary N) is 10. The summed E-state index contributed by atoms with van der Waals surface area (Å²) in [5.74, 6) is -16.1. The van der Waals surface area contributed by atoms with Crippen LogP contribution in [0.25, 0.3) is 27.9 Å². The van der Waals surface area contributed by atoms with Crippen molar-refractivity contribution in [3.05, 3.63) is 65.6 Å². The molecule has 0 radical (unpaired) electrons. The number of hydrogen-bond donors (Lipinski definition) is 17. The number of ether oxygens (including phenoxy) is 3. The fourth-order valence-corrected chi connectivity index (χ4v) is 12.0. The largest absolute Gasteiger partial charge is 0.497 e. The maximum atomic E-state index is 15.4. The fourth-order valence-electron chi connectivity index (χ4n) is 12.0. The van der Waals surface area contributed by atoms with Crippen LogP contribution in [0.1, 0.15) is 70.9 Å². The quantitative estimate of drug-likeness (QED) is 0.0438. The van der Waals surface area contributed by atoms with E-state index in [9.17, 15) is 73.8 Å². The highest BCUT2D eigenvalue weighted by Crippen LogP contribution is 2.38. The number of aromatic nitrogens is 2. The Morgan fingerprint density at radius 2 is 1.44 bits per heavy atom. The summed E-state index contributed by atoms with van der Waals surface area (Å²) in [6.45, 7) is 3.94. The average Bonchev–Trinajstić information content (AvgIpc) is 1.55. The minimum atomic E-state index is -2.20. The van der Waals surface area contributed by atoms with Crippen LogP contribution in [-0.4, -0.2) is 246 Å². The summed E-state index contributed by atoms with van der Waals surface area (Å²) in [6, 6.07) is -8.14. The first-order valence-electron chi connectivity index (χ1n) is 30.0. The van der Waals surface area contributed by atoms with Gasteiger partial charge in [-0.3, -0.25) is 52.7 Å². The maximum Gasteiger partial charge on any atom is 0.331 e. The number of carbonyl (C=O) groups is 12. The molecule has 17 unspecified atom stereocenters. The first-order valence-corrected chi connectivity index (χ1v) is 30.0. The number of amides is 10. The van der Waals surface area contributed by atoms with Gasteiger partial charge in [0, 0.05) is 64.2 Å². The van der Waals surface area contributed by atoms with Crippen LogP contribution in [0.15, 0.2) is 54.5 Å². The molecule has 4 saturated heterocycles. The van der Waals surface area contributed by atoms with Crippen LogP contribution in [0, 0.1) is 5.92 Å². The van der Waals surface area contributed by atoms with E-state index in [1.807, 2.05) is 0 Å². The lowest BCUT2D eigenvalue weighted by atomic mass is 9.84. The van der Waals surface area contributed by atoms with Gasteiger partial charge in [0.1, 0.15) is 71.6 Å². The Labute approximate surface area is 535 Å². The average molecular weight is 1320 g/mol. The van der Waals surface area contributed by atoms with E-state index in [2.05, 4.69) is 52.5 Å². The molecule has 4 aliphatic heterocycles. The van der Waals surface area contributed by atoms with Crippen molar-refractivity contribution in [3.63, 3.8) is 0 Å². The number of rotatable bonds is 13. The molecular weight excluding hydrogens is 1240 g/mol. The van der Waals surface area contributed by atoms with Crippen LogP contribution in [0.4, 0.5) is 0 Å². The third-order valence-electron chi connectivity index (χ3n) is 17.3. The van der Waals surface area contributed by atoms with Crippen molar-refractivity contribution >= 4 is 98.9 Å². The number of methoxy groups -OCH3 is 2. The number of aliphatic hydroxyl groups is 5. The van der Waals surface area contributed by atoms with Crippen LogP contribution in [-0.2, 0) is 62.3 Å². The normalized spacial score (nSPS) is 28.8. The van der Waals surface area contributed by atoms with Gasteiger partial charge in [0.2, 0.25) is 53.2 Å². The second kappa shape index (κ2) is 29.5. The monoisotopic (exact) mass is 1320 g/mol. The zero-order valence-electron chi connectivity index (χ0n) is 52.0. The van der Waals surface area contributed by atoms with E-state index >= 15 is 14.4 Å². The second-order valence-electron chi connectivity index (χ2n) is 23.6. The maximum absolute atomic E-state index is 15.4. The summed E-state index contributed by atoms with van der Waals surface area (Å²) in [6.07, 6.45) is -6.01. The zero-order valence-corrected chi connectivity index (χ0v) is 52.0. The number of esters is 1. The number of aliphatic carboxylic acids is 1. The number of cyclic esters (lactones) is 1. The van der Waals surface area contributed by atoms with Gasteiger partial charge in [0.05, 0.1) is 58.2 Å². The molecule has 2 aromatic carbocycles. The number of carboxylic acid groups (broad SMARTS) is 1. The molecule has 4 fully saturated rings. The van der Waals surface area contributed by atoms with E-state index in [1.54, 1.807) is 49.5 Å². The third kappa shape index (κ3) is 15.0. The summed E-state index contributed by atoms with van der Waals surface area (Å²) in [5.41, 5.74) is 6.69. The number of aliphatic hydroxyl groups excluding tert-OH is 5. The SMILES string of the molecule is COc1ccc2[nH]cc(/C=C3/NC(=O)C4C(O)CCN4C(=O)CNC(=O)C(C)NC(=O)C(C(C)O)NC(=O)C(NC(=O)C(CO)NC(=O)CC(N)C(=O)O)C(C)OC(=O)C4C(O)CC5C(C)C(O)C(NC(=O)C(C(C)c6c[nH]c7ccc(OC)cc67)NC3=O)C(=O)N54)c2c1. The van der Waals surface area contributed by atoms with Crippen LogP contribution >= 0.6 is 0 Å². The Balaban J connectivity index is 1.21. The van der Waals surface area contributed by atoms with Gasteiger partial charge in [-0.05, 0) is 81.7 Å². The van der Waals surface area contributed by atoms with Gasteiger partial charge >= 0.3 is 11.9 Å². The molecule has 6 heterocycles. The number of fused-ring (bicyclic) bond motifs is 4. The Morgan fingerprint density at radius 3 is 2.07 bits per heavy atom. The number of nitrogens with two attached hydrogens (primary N) is 1. The van der Waals surface area contributed by atoms with E-state index < -0.39 is 199 Å². The van der Waals surface area contributed by atoms with Gasteiger partial charge in [0.25, 0.3) is 5.91 Å². The van der Waals surface area contributed by atoms with Crippen molar-refractivity contribution in [1.29, 1.82) is 0 Å². The summed E-state index contributed by atoms with van der Waals surface area (Å²) >= 11 is 0. The number of carbonyl (C=O) groups excluding carboxylic acids is 11. The van der Waals surface area contributed by atoms with E-state index in [4.69, 9.17) is 19.9 Å². The number of hydrogen-bond acceptors (Lipinski definition) is 21. The topological polar surface area (TPSA) is 514 Å². The Morgan fingerprint density at radius 1 is 0.798 bits per heavy atom. The first-order chi connectivity index (χ1) is 44.5. The number of nitrogens with zero attached hydrogens (tertiary/aromatic N) is 2. The molecule has 94 heavy (non-hydrogen) atoms. The van der Waals surface area contributed by atoms with Crippen LogP contribution < -0.4 is 57.7 Å². The molecule has 0 spiro atoms. The molecule has 0 saturated carbocycles. The van der Waals surface area contributed by atoms with Gasteiger partial charge < -0.3 is 113 Å². The number of piperidine rings is 1. The molecular formula is C60H77N13O21. The lowest BCUT2D eigenvalue weighted by Crippen LogP contribution is -2.68. The Hall–Kier alpha value is -9.74. The number of benzene rings is 2. The van der Waals surface area contributed by atoms with Crippen molar-refractivity contribution in [1.82, 2.24) is 62.3 Å². The van der Waals surface area contributed by atoms with Crippen molar-refractivity contribution in [2.45, 2.75) is 151 Å². The standard InChI is InChI=1S/C60H77N13O21/c1-23(33-20-63-36-11-9-30(93-7)16-32(33)36)44-54(84)71-47-50(80)24(2)39-18-41(77)49(73(39)58(47)88)60(91)94-27(5)46(70-53(83)38(22-74)66-42(78)17-34(61)59(89)90)56(86)69-45(26(4)75)55(85)65-25(3)51(81)64-21-43(79)72-13-12-40(76)48(72)57(87)67-37(52(82)68-44)14-28-19-62-35-10-8-29(92-6)15-31(28)35/h8-11,14-16,19-20,23-27,34,38-41,44-50,62-63,74-77,80H,12-13,17-18,21-22,61H2,1-7H3,(H,64,81)(H,65,85)(H,66,78)(H,67,87)(H,68,82)(H,69,86)(H,70,83)(H,71,84)(H,89,90)/b37-14+. The zero-order chi connectivity index (χ0) is 68.9. The number of H-pyrrole nitrogens is 2. The molecule has 10 amide bonds. The van der Waals surface area contributed by atoms with E-state index in [1.165, 1.54) is 33.4 Å². The molecule has 4 aromatic rings. The molecule has 4 aliphatic rings. The Bertz CT molecular complexity index is 3650. The summed E-state index contributed by atoms with van der Waals surface area (Å²) in [7, 11) is 2.86. The van der Waals surface area contributed by atoms with Gasteiger partial charge in [-0.15, -0.1) is 0 Å². The van der Waals surface area contributed by atoms with Crippen LogP contribution in [0.5, 0.6) is 11.5 Å². The minimum Gasteiger partial charge on any atom is -0.497 e. The molecule has 2 aromatic heterocycles. The molecule has 2 bridgehead atoms. The Kier molecular flexibility index (Phi) is 22.0. The highest BCUT2D eigenvalue weighted by molar-refractivity contribution is 6.07. The molecule has 34 heteroatoms. The molecule has 34 nitrogen and oxygen atoms in total. The number of carboxylic acids is 1. The van der Waals surface area contributed by atoms with Crippen molar-refractivity contribution < 1.29 is 102 Å². The molecule has 8 rings (SSSR count). The van der Waals surface area contributed by atoms with Crippen molar-refractivity contribution in [2.24, 2.45) is 11.7 Å². The minimum absolute atomic E-state index is 0.173. The third-order valence-corrected chi connectivity index (χ3v) is 17.3. The van der Waals surface area contributed by atoms with Crippen molar-refractivity contribution in [3.8, 4) is 11.5 Å². The number of aromatic amines is 2. The summed E-state index contributed by atoms with van der Waals surface area (Å²) in [4.78, 5) is 177. The molecule has 18 N–H and O–H groups in total. The highest BCUT2D eigenvalue weighted by atomic mass is 16.5. The highest BCUT2D eigenvalue weighted by Gasteiger charge is 2.58. The smallest absolute Gasteiger partial charge is 0.331 e. The van der Waals surface area contributed by atoms with E-state index in [-0.39, 0.29) is 24.9 Å². The predicted molar refractivity (Wildman–Crippen MR) is 325 cm³/mol. The summed E-state index contributed by atoms with van der Waals surface area (Å²) < 4.78 is 16.7.